The van der Waals surface area contributed by atoms with Gasteiger partial charge in [-0.2, -0.15) is 0 Å². The molecule has 4 rings (SSSR count). The fourth-order valence-electron chi connectivity index (χ4n) is 5.65. The molecule has 0 radical (unpaired) electrons. The summed E-state index contributed by atoms with van der Waals surface area (Å²) in [4.78, 5) is 35.8. The average Bonchev–Trinajstić information content (AvgIpc) is 3.17. The van der Waals surface area contributed by atoms with Crippen LogP contribution in [0.3, 0.4) is 0 Å². The van der Waals surface area contributed by atoms with Crippen LogP contribution in [0.2, 0.25) is 0 Å². The summed E-state index contributed by atoms with van der Waals surface area (Å²) in [7, 11) is 2.91. The number of benzene rings is 3. The van der Waals surface area contributed by atoms with Gasteiger partial charge in [0, 0.05) is 14.2 Å². The van der Waals surface area contributed by atoms with E-state index in [4.69, 9.17) is 42.6 Å². The third-order valence-corrected chi connectivity index (χ3v) is 8.96. The van der Waals surface area contributed by atoms with E-state index < -0.39 is 42.6 Å². The van der Waals surface area contributed by atoms with Crippen LogP contribution in [0, 0.1) is 0 Å². The lowest BCUT2D eigenvalue weighted by Gasteiger charge is -2.45. The number of hydrogen-bond acceptors (Lipinski definition) is 12. The molecule has 0 aromatic heterocycles. The predicted octanol–water partition coefficient (Wildman–Crippen LogP) is 7.75. The smallest absolute Gasteiger partial charge is 0.339 e. The van der Waals surface area contributed by atoms with Crippen molar-refractivity contribution in [3.8, 4) is 17.2 Å². The molecule has 1 aliphatic heterocycles. The lowest BCUT2D eigenvalue weighted by atomic mass is 9.98. The molecule has 0 saturated carbocycles. The minimum Gasteiger partial charge on any atom is -0.492 e. The van der Waals surface area contributed by atoms with Crippen LogP contribution >= 0.6 is 0 Å². The molecule has 2 N–H and O–H groups in total. The van der Waals surface area contributed by atoms with Crippen molar-refractivity contribution in [1.82, 2.24) is 0 Å². The van der Waals surface area contributed by atoms with Crippen molar-refractivity contribution in [3.05, 3.63) is 124 Å². The lowest BCUT2D eigenvalue weighted by molar-refractivity contribution is -0.304. The maximum absolute atomic E-state index is 12.2. The Morgan fingerprint density at radius 1 is 0.536 bits per heavy atom. The summed E-state index contributed by atoms with van der Waals surface area (Å²) in [6.45, 7) is 11.4. The molecule has 5 atom stereocenters. The highest BCUT2D eigenvalue weighted by atomic mass is 16.7. The van der Waals surface area contributed by atoms with E-state index in [0.29, 0.717) is 22.8 Å². The van der Waals surface area contributed by atoms with Gasteiger partial charge in [0.15, 0.2) is 24.3 Å². The summed E-state index contributed by atoms with van der Waals surface area (Å²) in [5, 5.41) is 19.4. The zero-order valence-electron chi connectivity index (χ0n) is 32.8. The number of carbonyl (C=O) groups is 3. The number of carboxylic acids is 2. The van der Waals surface area contributed by atoms with Gasteiger partial charge >= 0.3 is 11.9 Å². The first-order chi connectivity index (χ1) is 26.7. The highest BCUT2D eigenvalue weighted by molar-refractivity contribution is 5.96. The molecule has 14 nitrogen and oxygen atoms in total. The molecule has 1 aliphatic rings. The van der Waals surface area contributed by atoms with E-state index >= 15 is 0 Å². The molecule has 0 bridgehead atoms. The Morgan fingerprint density at radius 3 is 1.38 bits per heavy atom. The first-order valence-corrected chi connectivity index (χ1v) is 17.6. The maximum atomic E-state index is 12.2. The molecular formula is C42H48O14. The van der Waals surface area contributed by atoms with Crippen molar-refractivity contribution in [1.29, 1.82) is 0 Å². The van der Waals surface area contributed by atoms with Gasteiger partial charge in [-0.1, -0.05) is 36.4 Å². The van der Waals surface area contributed by atoms with Gasteiger partial charge in [0.1, 0.15) is 81.7 Å². The number of rotatable bonds is 18. The van der Waals surface area contributed by atoms with Crippen LogP contribution in [0.4, 0.5) is 0 Å². The Hall–Kier alpha value is -5.83. The molecule has 300 valence electrons. The first-order valence-electron chi connectivity index (χ1n) is 17.6. The summed E-state index contributed by atoms with van der Waals surface area (Å²) in [5.41, 5.74) is 0.355. The number of ether oxygens (including phenoxy) is 9. The van der Waals surface area contributed by atoms with Gasteiger partial charge in [-0.25, -0.2) is 9.59 Å². The van der Waals surface area contributed by atoms with Crippen LogP contribution in [0.25, 0.3) is 0 Å². The van der Waals surface area contributed by atoms with Gasteiger partial charge in [0.2, 0.25) is 0 Å². The largest absolute Gasteiger partial charge is 0.492 e. The molecule has 56 heavy (non-hydrogen) atoms. The van der Waals surface area contributed by atoms with E-state index in [2.05, 4.69) is 0 Å². The van der Waals surface area contributed by atoms with E-state index in [1.54, 1.807) is 90.1 Å². The minimum absolute atomic E-state index is 0.0346. The molecular weight excluding hydrogens is 728 g/mol. The number of methoxy groups -OCH3 is 2. The third kappa shape index (κ3) is 10.7. The molecule has 0 spiro atoms. The lowest BCUT2D eigenvalue weighted by Crippen LogP contribution is -2.61. The van der Waals surface area contributed by atoms with Crippen LogP contribution in [0.5, 0.6) is 17.2 Å². The number of hydrogen-bond donors (Lipinski definition) is 2. The number of aromatic carboxylic acids is 2. The molecule has 3 aromatic carbocycles. The fraction of sp³-hybridized carbons (Fsp3) is 0.357. The van der Waals surface area contributed by atoms with Crippen LogP contribution < -0.4 is 14.2 Å². The van der Waals surface area contributed by atoms with Gasteiger partial charge in [-0.05, 0) is 84.9 Å². The van der Waals surface area contributed by atoms with Crippen molar-refractivity contribution < 1.29 is 67.2 Å². The van der Waals surface area contributed by atoms with Crippen molar-refractivity contribution in [3.63, 3.8) is 0 Å². The second kappa shape index (κ2) is 19.7. The molecule has 3 aromatic rings. The van der Waals surface area contributed by atoms with E-state index in [0.717, 1.165) is 0 Å². The second-order valence-electron chi connectivity index (χ2n) is 12.8. The van der Waals surface area contributed by atoms with Crippen molar-refractivity contribution in [2.75, 3.05) is 20.8 Å². The van der Waals surface area contributed by atoms with E-state index in [1.165, 1.54) is 45.4 Å². The maximum Gasteiger partial charge on any atom is 0.339 e. The summed E-state index contributed by atoms with van der Waals surface area (Å²) in [6, 6.07) is 19.3. The van der Waals surface area contributed by atoms with Gasteiger partial charge < -0.3 is 52.8 Å². The van der Waals surface area contributed by atoms with Crippen molar-refractivity contribution in [2.45, 2.75) is 79.2 Å². The highest BCUT2D eigenvalue weighted by Crippen LogP contribution is 2.34. The number of carboxylic acid groups (broad SMARTS) is 2. The monoisotopic (exact) mass is 776 g/mol. The second-order valence-corrected chi connectivity index (χ2v) is 12.8. The standard InChI is InChI=1S/C42H48O14/c1-23(43)30-16-10-13-19-33(30)51-25(3)24(2)50-22-36-37(48-8)38(54-28(6)26(4)52-34-20-14-11-17-31(34)40(44)45)39(42(49-9)56-36)55-29(7)27(5)53-35-21-15-12-18-32(35)41(46)47/h10-21,36-39,42H,22H2,1-9H3,(H,44,45)(H,46,47)/b25-24-,28-26-,29-27-/t36?,37-,38-,39?,42+/m0/s1. The molecule has 1 saturated heterocycles. The van der Waals surface area contributed by atoms with E-state index in [1.807, 2.05) is 0 Å². The molecule has 2 unspecified atom stereocenters. The van der Waals surface area contributed by atoms with Gasteiger partial charge in [0.05, 0.1) is 5.56 Å². The topological polar surface area (TPSA) is 175 Å². The molecule has 1 fully saturated rings. The van der Waals surface area contributed by atoms with E-state index in [9.17, 15) is 24.6 Å². The van der Waals surface area contributed by atoms with Gasteiger partial charge in [-0.3, -0.25) is 4.79 Å². The number of ketones is 1. The zero-order valence-corrected chi connectivity index (χ0v) is 32.8. The first kappa shape index (κ1) is 42.9. The van der Waals surface area contributed by atoms with Crippen molar-refractivity contribution in [2.24, 2.45) is 0 Å². The molecule has 14 heteroatoms. The Morgan fingerprint density at radius 2 is 0.946 bits per heavy atom. The molecule has 0 amide bonds. The van der Waals surface area contributed by atoms with E-state index in [-0.39, 0.29) is 58.1 Å². The Labute approximate surface area is 325 Å². The molecule has 0 aliphatic carbocycles. The third-order valence-electron chi connectivity index (χ3n) is 8.96. The van der Waals surface area contributed by atoms with Gasteiger partial charge in [-0.15, -0.1) is 0 Å². The van der Waals surface area contributed by atoms with Crippen LogP contribution in [-0.2, 0) is 28.4 Å². The Bertz CT molecular complexity index is 1980. The number of allylic oxidation sites excluding steroid dienone is 6. The minimum atomic E-state index is -1.16. The van der Waals surface area contributed by atoms with Crippen LogP contribution in [-0.4, -0.2) is 79.5 Å². The predicted molar refractivity (Wildman–Crippen MR) is 202 cm³/mol. The summed E-state index contributed by atoms with van der Waals surface area (Å²) in [6.07, 6.45) is -4.74. The summed E-state index contributed by atoms with van der Waals surface area (Å²) in [5.74, 6) is 0.0344. The highest BCUT2D eigenvalue weighted by Gasteiger charge is 2.50. The number of para-hydroxylation sites is 3. The Kier molecular flexibility index (Phi) is 15.1. The number of Topliss-reactive ketones (excluding diaryl/α,β-unsaturated/α-hetero) is 1. The zero-order chi connectivity index (χ0) is 41.1. The summed E-state index contributed by atoms with van der Waals surface area (Å²) >= 11 is 0. The molecule has 1 heterocycles. The summed E-state index contributed by atoms with van der Waals surface area (Å²) < 4.78 is 55.2. The van der Waals surface area contributed by atoms with Gasteiger partial charge in [0.25, 0.3) is 0 Å². The normalized spacial score (nSPS) is 20.7. The Balaban J connectivity index is 1.67. The average molecular weight is 777 g/mol. The quantitative estimate of drug-likeness (QED) is 0.0948. The van der Waals surface area contributed by atoms with Crippen molar-refractivity contribution >= 4 is 17.7 Å². The van der Waals surface area contributed by atoms with Crippen LogP contribution in [0.15, 0.2) is 107 Å². The van der Waals surface area contributed by atoms with Crippen LogP contribution in [0.1, 0.15) is 79.5 Å². The SMILES string of the molecule is CO[C@@H]1OC(CO/C(C)=C(/C)Oc2ccccc2C(C)=O)[C@H](OC)[C@H](O/C(C)=C(/C)Oc2ccccc2C(=O)O)C1O/C(C)=C(/C)Oc1ccccc1C(=O)O. The fourth-order valence-corrected chi connectivity index (χ4v) is 5.65. The number of carbonyl (C=O) groups excluding carboxylic acids is 1.